The highest BCUT2D eigenvalue weighted by molar-refractivity contribution is 6.10. The number of hydrogen-bond donors (Lipinski definition) is 0. The number of rotatable bonds is 5. The number of para-hydroxylation sites is 1. The third kappa shape index (κ3) is 4.67. The molecule has 0 N–H and O–H groups in total. The summed E-state index contributed by atoms with van der Waals surface area (Å²) in [5.74, 6) is 0. The number of benzene rings is 6. The van der Waals surface area contributed by atoms with Gasteiger partial charge in [0.1, 0.15) is 11.2 Å². The number of fused-ring (bicyclic) bond motifs is 6. The van der Waals surface area contributed by atoms with E-state index in [2.05, 4.69) is 137 Å². The fourth-order valence-corrected chi connectivity index (χ4v) is 7.74. The Kier molecular flexibility index (Phi) is 6.84. The summed E-state index contributed by atoms with van der Waals surface area (Å²) in [5, 5.41) is 4.14. The Morgan fingerprint density at radius 3 is 2.26 bits per heavy atom. The lowest BCUT2D eigenvalue weighted by atomic mass is 9.77. The van der Waals surface area contributed by atoms with E-state index >= 15 is 0 Å². The quantitative estimate of drug-likeness (QED) is 0.179. The molecule has 1 aliphatic carbocycles. The molecule has 0 aliphatic heterocycles. The lowest BCUT2D eigenvalue weighted by molar-refractivity contribution is 0.661. The van der Waals surface area contributed by atoms with Crippen molar-refractivity contribution in [1.29, 1.82) is 0 Å². The Bertz CT molecular complexity index is 2510. The zero-order chi connectivity index (χ0) is 32.3. The smallest absolute Gasteiger partial charge is 0.136 e. The van der Waals surface area contributed by atoms with Crippen LogP contribution in [0.15, 0.2) is 137 Å². The van der Waals surface area contributed by atoms with Crippen molar-refractivity contribution in [3.05, 3.63) is 166 Å². The highest BCUT2D eigenvalue weighted by Gasteiger charge is 2.38. The van der Waals surface area contributed by atoms with Gasteiger partial charge in [0.2, 0.25) is 0 Å². The molecule has 47 heavy (non-hydrogen) atoms. The molecule has 228 valence electrons. The summed E-state index contributed by atoms with van der Waals surface area (Å²) in [6.45, 7) is 13.5. The number of furan rings is 1. The maximum Gasteiger partial charge on any atom is 0.136 e. The summed E-state index contributed by atoms with van der Waals surface area (Å²) >= 11 is 0. The van der Waals surface area contributed by atoms with Crippen molar-refractivity contribution in [3.63, 3.8) is 0 Å². The van der Waals surface area contributed by atoms with Crippen LogP contribution in [0, 0.1) is 6.92 Å². The van der Waals surface area contributed by atoms with Gasteiger partial charge < -0.3 is 4.42 Å². The first kappa shape index (κ1) is 29.0. The van der Waals surface area contributed by atoms with E-state index in [0.717, 1.165) is 55.8 Å². The molecular weight excluding hydrogens is 571 g/mol. The molecule has 8 rings (SSSR count). The Labute approximate surface area is 276 Å². The first-order chi connectivity index (χ1) is 22.8. The van der Waals surface area contributed by atoms with Gasteiger partial charge in [-0.1, -0.05) is 136 Å². The molecule has 1 aromatic heterocycles. The number of hydrogen-bond acceptors (Lipinski definition) is 2. The minimum Gasteiger partial charge on any atom is -0.456 e. The van der Waals surface area contributed by atoms with E-state index < -0.39 is 0 Å². The molecule has 2 nitrogen and oxygen atoms in total. The van der Waals surface area contributed by atoms with Crippen LogP contribution in [0.4, 0.5) is 0 Å². The summed E-state index contributed by atoms with van der Waals surface area (Å²) in [7, 11) is 0. The highest BCUT2D eigenvalue weighted by atomic mass is 16.3. The Hall–Kier alpha value is -5.47. The van der Waals surface area contributed by atoms with Crippen LogP contribution >= 0.6 is 0 Å². The number of aryl methyl sites for hydroxylation is 1. The van der Waals surface area contributed by atoms with Crippen LogP contribution in [0.25, 0.3) is 56.5 Å². The summed E-state index contributed by atoms with van der Waals surface area (Å²) < 4.78 is 6.29. The molecule has 0 atom stereocenters. The van der Waals surface area contributed by atoms with Gasteiger partial charge in [0.25, 0.3) is 0 Å². The van der Waals surface area contributed by atoms with E-state index in [1.807, 2.05) is 24.3 Å². The first-order valence-corrected chi connectivity index (χ1v) is 16.4. The second kappa shape index (κ2) is 11.1. The third-order valence-electron chi connectivity index (χ3n) is 9.90. The second-order valence-corrected chi connectivity index (χ2v) is 13.3. The van der Waals surface area contributed by atoms with Crippen molar-refractivity contribution >= 4 is 39.9 Å². The molecule has 1 aliphatic rings. The topological polar surface area (TPSA) is 25.5 Å². The average molecular weight is 608 g/mol. The van der Waals surface area contributed by atoms with Gasteiger partial charge in [-0.2, -0.15) is 0 Å². The lowest BCUT2D eigenvalue weighted by Crippen LogP contribution is -2.25. The predicted molar refractivity (Wildman–Crippen MR) is 198 cm³/mol. The van der Waals surface area contributed by atoms with E-state index in [1.165, 1.54) is 44.5 Å². The largest absolute Gasteiger partial charge is 0.456 e. The molecule has 6 aromatic carbocycles. The Morgan fingerprint density at radius 1 is 0.702 bits per heavy atom. The van der Waals surface area contributed by atoms with Gasteiger partial charge in [-0.3, -0.25) is 4.99 Å². The monoisotopic (exact) mass is 607 g/mol. The predicted octanol–water partition coefficient (Wildman–Crippen LogP) is 10.1. The normalized spacial score (nSPS) is 14.3. The molecule has 0 radical (unpaired) electrons. The first-order valence-electron chi connectivity index (χ1n) is 16.4. The second-order valence-electron chi connectivity index (χ2n) is 13.3. The fraction of sp³-hybridized carbons (Fsp3) is 0.133. The van der Waals surface area contributed by atoms with Crippen molar-refractivity contribution in [1.82, 2.24) is 0 Å². The van der Waals surface area contributed by atoms with Crippen LogP contribution in [0.2, 0.25) is 0 Å². The minimum atomic E-state index is -0.103. The zero-order valence-electron chi connectivity index (χ0n) is 27.4. The van der Waals surface area contributed by atoms with Crippen LogP contribution in [0.3, 0.4) is 0 Å². The van der Waals surface area contributed by atoms with E-state index in [-0.39, 0.29) is 5.41 Å². The van der Waals surface area contributed by atoms with Crippen molar-refractivity contribution in [2.45, 2.75) is 39.5 Å². The summed E-state index contributed by atoms with van der Waals surface area (Å²) in [6.07, 6.45) is 0.720. The van der Waals surface area contributed by atoms with Gasteiger partial charge in [0, 0.05) is 39.1 Å². The van der Waals surface area contributed by atoms with Crippen LogP contribution < -0.4 is 10.4 Å². The van der Waals surface area contributed by atoms with E-state index in [0.29, 0.717) is 0 Å². The summed E-state index contributed by atoms with van der Waals surface area (Å²) in [4.78, 5) is 5.45. The van der Waals surface area contributed by atoms with Gasteiger partial charge in [-0.05, 0) is 75.7 Å². The van der Waals surface area contributed by atoms with Crippen LogP contribution in [0.5, 0.6) is 0 Å². The summed E-state index contributed by atoms with van der Waals surface area (Å²) in [5.41, 5.74) is 15.3. The molecule has 0 saturated heterocycles. The van der Waals surface area contributed by atoms with Gasteiger partial charge in [0.15, 0.2) is 0 Å². The van der Waals surface area contributed by atoms with Gasteiger partial charge in [-0.15, -0.1) is 0 Å². The molecule has 2 heteroatoms. The van der Waals surface area contributed by atoms with Gasteiger partial charge in [0.05, 0.1) is 5.70 Å². The van der Waals surface area contributed by atoms with Crippen LogP contribution in [0.1, 0.15) is 48.6 Å². The van der Waals surface area contributed by atoms with Crippen molar-refractivity contribution < 1.29 is 4.42 Å². The maximum atomic E-state index is 6.29. The third-order valence-corrected chi connectivity index (χ3v) is 9.90. The number of nitrogens with zero attached hydrogens (tertiary/aromatic N) is 1. The van der Waals surface area contributed by atoms with Crippen molar-refractivity contribution in [3.8, 4) is 22.3 Å². The fourth-order valence-electron chi connectivity index (χ4n) is 7.74. The molecule has 1 heterocycles. The molecule has 0 fully saturated rings. The number of aliphatic imine (C=N–C) groups is 1. The SMILES string of the molecule is C=c1cccc/c1=C(/N=C(\C)Cc1ccccc1-c1c(C)ccc2c1C(C)(C)c1ccccc1-2)c1cccc2oc3ccccc3c12. The zero-order valence-corrected chi connectivity index (χ0v) is 27.4. The molecule has 0 saturated carbocycles. The Morgan fingerprint density at radius 2 is 1.40 bits per heavy atom. The Balaban J connectivity index is 1.30. The molecule has 0 spiro atoms. The standard InChI is InChI=1S/C45H37NO/c1-28-15-6-8-17-32(28)44(37-21-14-24-40-42(37)36-20-11-13-23-39(36)47-40)46-30(3)27-31-16-7-9-18-33(31)41-29(2)25-26-35-34-19-10-12-22-38(34)45(4,5)43(35)41/h6-26H,1,27H2,2-5H3/b44-32-,46-30+. The van der Waals surface area contributed by atoms with E-state index in [9.17, 15) is 0 Å². The van der Waals surface area contributed by atoms with E-state index in [1.54, 1.807) is 0 Å². The maximum absolute atomic E-state index is 6.29. The van der Waals surface area contributed by atoms with E-state index in [4.69, 9.17) is 9.41 Å². The van der Waals surface area contributed by atoms with Crippen molar-refractivity contribution in [2.75, 3.05) is 0 Å². The van der Waals surface area contributed by atoms with Crippen LogP contribution in [-0.2, 0) is 11.8 Å². The lowest BCUT2D eigenvalue weighted by Gasteiger charge is -2.26. The van der Waals surface area contributed by atoms with Crippen molar-refractivity contribution in [2.24, 2.45) is 4.99 Å². The molecule has 0 unspecified atom stereocenters. The molecule has 0 amide bonds. The average Bonchev–Trinajstić information content (AvgIpc) is 3.57. The highest BCUT2D eigenvalue weighted by Crippen LogP contribution is 2.53. The summed E-state index contributed by atoms with van der Waals surface area (Å²) in [6, 6.07) is 45.1. The van der Waals surface area contributed by atoms with Crippen LogP contribution in [-0.4, -0.2) is 5.71 Å². The molecular formula is C45H37NO. The minimum absolute atomic E-state index is 0.103. The van der Waals surface area contributed by atoms with Gasteiger partial charge >= 0.3 is 0 Å². The molecule has 7 aromatic rings. The molecule has 0 bridgehead atoms. The van der Waals surface area contributed by atoms with Gasteiger partial charge in [-0.25, -0.2) is 0 Å².